The summed E-state index contributed by atoms with van der Waals surface area (Å²) in [6.07, 6.45) is 0. The zero-order chi connectivity index (χ0) is 14.6. The molecular formula is C11H11FN2O5. The monoisotopic (exact) mass is 270 g/mol. The molecule has 0 radical (unpaired) electrons. The van der Waals surface area contributed by atoms with E-state index in [1.807, 2.05) is 0 Å². The normalized spacial score (nSPS) is 10.0. The second-order valence-electron chi connectivity index (χ2n) is 3.64. The molecule has 7 nitrogen and oxygen atoms in total. The van der Waals surface area contributed by atoms with Gasteiger partial charge in [0.1, 0.15) is 6.54 Å². The molecule has 0 heterocycles. The summed E-state index contributed by atoms with van der Waals surface area (Å²) >= 11 is 0. The topological polar surface area (TPSA) is 101 Å². The highest BCUT2D eigenvalue weighted by molar-refractivity contribution is 5.96. The Labute approximate surface area is 107 Å². The van der Waals surface area contributed by atoms with Crippen LogP contribution < -0.4 is 0 Å². The minimum absolute atomic E-state index is 0.129. The van der Waals surface area contributed by atoms with Gasteiger partial charge in [-0.3, -0.25) is 19.7 Å². The standard InChI is InChI=1S/C11H11FN2O5/c1-2-13(6-10(15)16)11(17)7-3-4-9(14(18)19)8(12)5-7/h3-5H,2,6H2,1H3,(H,15,16). The SMILES string of the molecule is CCN(CC(=O)O)C(=O)c1ccc([N+](=O)[O-])c(F)c1. The first kappa shape index (κ1) is 14.6. The van der Waals surface area contributed by atoms with Gasteiger partial charge in [-0.05, 0) is 19.1 Å². The van der Waals surface area contributed by atoms with Crippen molar-refractivity contribution >= 4 is 17.6 Å². The van der Waals surface area contributed by atoms with Gasteiger partial charge in [0.2, 0.25) is 5.82 Å². The fourth-order valence-corrected chi connectivity index (χ4v) is 1.46. The van der Waals surface area contributed by atoms with Crippen molar-refractivity contribution in [3.63, 3.8) is 0 Å². The van der Waals surface area contributed by atoms with Crippen LogP contribution in [0, 0.1) is 15.9 Å². The Morgan fingerprint density at radius 2 is 2.11 bits per heavy atom. The van der Waals surface area contributed by atoms with Crippen LogP contribution >= 0.6 is 0 Å². The maximum atomic E-state index is 13.4. The van der Waals surface area contributed by atoms with Gasteiger partial charge in [-0.25, -0.2) is 0 Å². The Bertz CT molecular complexity index is 532. The number of halogens is 1. The largest absolute Gasteiger partial charge is 0.480 e. The van der Waals surface area contributed by atoms with E-state index in [0.717, 1.165) is 23.1 Å². The molecule has 0 spiro atoms. The first-order valence-corrected chi connectivity index (χ1v) is 5.31. The number of hydrogen-bond acceptors (Lipinski definition) is 4. The maximum Gasteiger partial charge on any atom is 0.323 e. The molecule has 19 heavy (non-hydrogen) atoms. The fourth-order valence-electron chi connectivity index (χ4n) is 1.46. The molecule has 1 rings (SSSR count). The molecule has 8 heteroatoms. The molecular weight excluding hydrogens is 259 g/mol. The van der Waals surface area contributed by atoms with Gasteiger partial charge < -0.3 is 10.0 Å². The van der Waals surface area contributed by atoms with Crippen LogP contribution in [0.1, 0.15) is 17.3 Å². The Kier molecular flexibility index (Phi) is 4.51. The van der Waals surface area contributed by atoms with Crippen molar-refractivity contribution in [1.82, 2.24) is 4.90 Å². The van der Waals surface area contributed by atoms with Crippen molar-refractivity contribution in [2.75, 3.05) is 13.1 Å². The van der Waals surface area contributed by atoms with Crippen LogP contribution in [0.5, 0.6) is 0 Å². The predicted octanol–water partition coefficient (Wildman–Crippen LogP) is 1.28. The third-order valence-corrected chi connectivity index (χ3v) is 2.39. The number of amides is 1. The minimum atomic E-state index is -1.20. The molecule has 0 unspecified atom stereocenters. The number of carbonyl (C=O) groups is 2. The van der Waals surface area contributed by atoms with Gasteiger partial charge in [-0.15, -0.1) is 0 Å². The first-order chi connectivity index (χ1) is 8.86. The number of carboxylic acids is 1. The summed E-state index contributed by atoms with van der Waals surface area (Å²) in [6, 6.07) is 2.69. The summed E-state index contributed by atoms with van der Waals surface area (Å²) in [6.45, 7) is 1.18. The zero-order valence-electron chi connectivity index (χ0n) is 10.00. The van der Waals surface area contributed by atoms with Crippen LogP contribution in [0.3, 0.4) is 0 Å². The van der Waals surface area contributed by atoms with Gasteiger partial charge in [-0.2, -0.15) is 4.39 Å². The molecule has 0 atom stereocenters. The lowest BCUT2D eigenvalue weighted by Crippen LogP contribution is -2.35. The number of benzene rings is 1. The van der Waals surface area contributed by atoms with Gasteiger partial charge in [-0.1, -0.05) is 0 Å². The van der Waals surface area contributed by atoms with Gasteiger partial charge in [0.25, 0.3) is 5.91 Å². The second-order valence-corrected chi connectivity index (χ2v) is 3.64. The fraction of sp³-hybridized carbons (Fsp3) is 0.273. The molecule has 0 saturated carbocycles. The molecule has 1 amide bonds. The number of aliphatic carboxylic acids is 1. The molecule has 0 fully saturated rings. The molecule has 102 valence electrons. The highest BCUT2D eigenvalue weighted by Crippen LogP contribution is 2.18. The van der Waals surface area contributed by atoms with Gasteiger partial charge >= 0.3 is 11.7 Å². The van der Waals surface area contributed by atoms with Crippen LogP contribution in [0.15, 0.2) is 18.2 Å². The number of hydrogen-bond donors (Lipinski definition) is 1. The quantitative estimate of drug-likeness (QED) is 0.641. The highest BCUT2D eigenvalue weighted by atomic mass is 19.1. The molecule has 1 aromatic rings. The summed E-state index contributed by atoms with van der Waals surface area (Å²) < 4.78 is 13.4. The van der Waals surface area contributed by atoms with Gasteiger partial charge in [0.05, 0.1) is 4.92 Å². The van der Waals surface area contributed by atoms with Crippen LogP contribution in [-0.4, -0.2) is 39.9 Å². The predicted molar refractivity (Wildman–Crippen MR) is 62.3 cm³/mol. The van der Waals surface area contributed by atoms with Crippen LogP contribution in [0.2, 0.25) is 0 Å². The van der Waals surface area contributed by atoms with E-state index in [4.69, 9.17) is 5.11 Å². The second kappa shape index (κ2) is 5.89. The number of likely N-dealkylation sites (N-methyl/N-ethyl adjacent to an activating group) is 1. The van der Waals surface area contributed by atoms with E-state index in [2.05, 4.69) is 0 Å². The van der Waals surface area contributed by atoms with E-state index >= 15 is 0 Å². The van der Waals surface area contributed by atoms with E-state index in [1.165, 1.54) is 0 Å². The van der Waals surface area contributed by atoms with Gasteiger partial charge in [0, 0.05) is 18.2 Å². The summed E-state index contributed by atoms with van der Waals surface area (Å²) in [5.41, 5.74) is -0.871. The lowest BCUT2D eigenvalue weighted by molar-refractivity contribution is -0.387. The average molecular weight is 270 g/mol. The molecule has 1 N–H and O–H groups in total. The summed E-state index contributed by atoms with van der Waals surface area (Å²) in [4.78, 5) is 32.9. The Morgan fingerprint density at radius 1 is 1.47 bits per heavy atom. The van der Waals surface area contributed by atoms with E-state index in [0.29, 0.717) is 0 Å². The van der Waals surface area contributed by atoms with Gasteiger partial charge in [0.15, 0.2) is 0 Å². The first-order valence-electron chi connectivity index (χ1n) is 5.31. The van der Waals surface area contributed by atoms with E-state index in [-0.39, 0.29) is 12.1 Å². The summed E-state index contributed by atoms with van der Waals surface area (Å²) in [7, 11) is 0. The molecule has 0 bridgehead atoms. The number of nitro benzene ring substituents is 1. The van der Waals surface area contributed by atoms with Crippen LogP contribution in [0.4, 0.5) is 10.1 Å². The Balaban J connectivity index is 3.02. The zero-order valence-corrected chi connectivity index (χ0v) is 10.00. The lowest BCUT2D eigenvalue weighted by Gasteiger charge is -2.18. The third-order valence-electron chi connectivity index (χ3n) is 2.39. The van der Waals surface area contributed by atoms with Crippen molar-refractivity contribution in [3.05, 3.63) is 39.7 Å². The summed E-state index contributed by atoms with van der Waals surface area (Å²) in [5.74, 6) is -3.03. The Hall–Kier alpha value is -2.51. The molecule has 0 aliphatic heterocycles. The number of carbonyl (C=O) groups excluding carboxylic acids is 1. The van der Waals surface area contributed by atoms with Crippen LogP contribution in [0.25, 0.3) is 0 Å². The van der Waals surface area contributed by atoms with Crippen molar-refractivity contribution in [2.24, 2.45) is 0 Å². The van der Waals surface area contributed by atoms with Crippen molar-refractivity contribution in [3.8, 4) is 0 Å². The van der Waals surface area contributed by atoms with Crippen LogP contribution in [-0.2, 0) is 4.79 Å². The Morgan fingerprint density at radius 3 is 2.53 bits per heavy atom. The van der Waals surface area contributed by atoms with Crippen molar-refractivity contribution in [1.29, 1.82) is 0 Å². The third kappa shape index (κ3) is 3.47. The minimum Gasteiger partial charge on any atom is -0.480 e. The highest BCUT2D eigenvalue weighted by Gasteiger charge is 2.21. The molecule has 0 saturated heterocycles. The maximum absolute atomic E-state index is 13.4. The van der Waals surface area contributed by atoms with Crippen molar-refractivity contribution < 1.29 is 24.0 Å². The smallest absolute Gasteiger partial charge is 0.323 e. The number of nitrogens with zero attached hydrogens (tertiary/aromatic N) is 2. The number of rotatable bonds is 5. The number of carboxylic acid groups (broad SMARTS) is 1. The average Bonchev–Trinajstić information content (AvgIpc) is 2.34. The molecule has 0 aliphatic carbocycles. The van der Waals surface area contributed by atoms with E-state index < -0.39 is 34.8 Å². The lowest BCUT2D eigenvalue weighted by atomic mass is 10.1. The number of nitro groups is 1. The molecule has 1 aromatic carbocycles. The van der Waals surface area contributed by atoms with E-state index in [9.17, 15) is 24.1 Å². The molecule has 0 aromatic heterocycles. The molecule has 0 aliphatic rings. The summed E-state index contributed by atoms with van der Waals surface area (Å²) in [5, 5.41) is 19.1. The van der Waals surface area contributed by atoms with Crippen molar-refractivity contribution in [2.45, 2.75) is 6.92 Å². The van der Waals surface area contributed by atoms with E-state index in [1.54, 1.807) is 6.92 Å².